The number of hydrogen-bond acceptors (Lipinski definition) is 7. The van der Waals surface area contributed by atoms with E-state index in [0.29, 0.717) is 36.8 Å². The number of rotatable bonds is 8. The third-order valence-corrected chi connectivity index (χ3v) is 5.20. The number of nitro groups is 1. The van der Waals surface area contributed by atoms with Gasteiger partial charge in [-0.1, -0.05) is 12.1 Å². The van der Waals surface area contributed by atoms with Crippen LogP contribution in [0.15, 0.2) is 60.8 Å². The molecule has 2 aromatic carbocycles. The Bertz CT molecular complexity index is 1150. The summed E-state index contributed by atoms with van der Waals surface area (Å²) in [5, 5.41) is 13.6. The number of carbonyl (C=O) groups excluding carboxylic acids is 1. The first-order chi connectivity index (χ1) is 15.9. The van der Waals surface area contributed by atoms with Crippen LogP contribution >= 0.6 is 0 Å². The molecule has 1 aliphatic heterocycles. The zero-order valence-corrected chi connectivity index (χ0v) is 17.7. The highest BCUT2D eigenvalue weighted by Gasteiger charge is 2.31. The van der Waals surface area contributed by atoms with E-state index in [9.17, 15) is 19.3 Å². The van der Waals surface area contributed by atoms with E-state index in [1.165, 1.54) is 24.3 Å². The predicted octanol–water partition coefficient (Wildman–Crippen LogP) is 5.05. The number of ether oxygens (including phenoxy) is 2. The predicted molar refractivity (Wildman–Crippen MR) is 118 cm³/mol. The van der Waals surface area contributed by atoms with Crippen LogP contribution in [0, 0.1) is 15.9 Å². The molecule has 1 saturated heterocycles. The quantitative estimate of drug-likeness (QED) is 0.376. The molecule has 4 rings (SSSR count). The van der Waals surface area contributed by atoms with Crippen molar-refractivity contribution in [2.24, 2.45) is 0 Å². The van der Waals surface area contributed by atoms with E-state index in [1.54, 1.807) is 23.1 Å². The molecule has 0 bridgehead atoms. The number of cyclic esters (lactones) is 1. The number of halogens is 1. The van der Waals surface area contributed by atoms with Crippen LogP contribution in [0.5, 0.6) is 11.5 Å². The van der Waals surface area contributed by atoms with Crippen LogP contribution in [-0.4, -0.2) is 40.1 Å². The van der Waals surface area contributed by atoms with Gasteiger partial charge >= 0.3 is 6.09 Å². The number of likely N-dealkylation sites (N-methyl/N-ethyl adjacent to an activating group) is 1. The van der Waals surface area contributed by atoms with E-state index < -0.39 is 10.7 Å². The average molecular weight is 452 g/mol. The lowest BCUT2D eigenvalue weighted by atomic mass is 10.1. The molecule has 1 aromatic heterocycles. The number of aromatic nitrogens is 1. The fourth-order valence-electron chi connectivity index (χ4n) is 3.52. The maximum Gasteiger partial charge on any atom is 0.410 e. The number of carbonyl (C=O) groups is 1. The SMILES string of the molecule is CCN1C(=O)OCC1Cc1ccc(Oc2ccc(Nc3ccc([N+](=O)[O-])cn3)cc2F)cc1. The second-order valence-corrected chi connectivity index (χ2v) is 7.40. The minimum Gasteiger partial charge on any atom is -0.454 e. The van der Waals surface area contributed by atoms with Crippen LogP contribution in [0.4, 0.5) is 26.4 Å². The molecule has 0 spiro atoms. The molecule has 3 aromatic rings. The Balaban J connectivity index is 1.38. The van der Waals surface area contributed by atoms with Crippen molar-refractivity contribution in [3.63, 3.8) is 0 Å². The van der Waals surface area contributed by atoms with E-state index in [2.05, 4.69) is 10.3 Å². The first-order valence-electron chi connectivity index (χ1n) is 10.3. The molecule has 170 valence electrons. The normalized spacial score (nSPS) is 15.3. The van der Waals surface area contributed by atoms with Crippen LogP contribution in [0.1, 0.15) is 12.5 Å². The number of nitrogens with zero attached hydrogens (tertiary/aromatic N) is 3. The average Bonchev–Trinajstić information content (AvgIpc) is 3.16. The fraction of sp³-hybridized carbons (Fsp3) is 0.217. The van der Waals surface area contributed by atoms with Crippen LogP contribution < -0.4 is 10.1 Å². The van der Waals surface area contributed by atoms with Crippen molar-refractivity contribution in [2.45, 2.75) is 19.4 Å². The molecule has 10 heteroatoms. The van der Waals surface area contributed by atoms with Gasteiger partial charge in [0, 0.05) is 24.4 Å². The Labute approximate surface area is 188 Å². The molecule has 1 atom stereocenters. The lowest BCUT2D eigenvalue weighted by molar-refractivity contribution is -0.385. The molecular weight excluding hydrogens is 431 g/mol. The highest BCUT2D eigenvalue weighted by molar-refractivity contribution is 5.70. The third kappa shape index (κ3) is 5.17. The maximum atomic E-state index is 14.6. The van der Waals surface area contributed by atoms with Crippen LogP contribution in [0.3, 0.4) is 0 Å². The first-order valence-corrected chi connectivity index (χ1v) is 10.3. The van der Waals surface area contributed by atoms with Gasteiger partial charge in [0.25, 0.3) is 5.69 Å². The summed E-state index contributed by atoms with van der Waals surface area (Å²) in [5.74, 6) is 0.296. The van der Waals surface area contributed by atoms with Gasteiger partial charge in [0.1, 0.15) is 24.4 Å². The summed E-state index contributed by atoms with van der Waals surface area (Å²) in [4.78, 5) is 27.5. The first kappa shape index (κ1) is 22.0. The zero-order chi connectivity index (χ0) is 23.4. The van der Waals surface area contributed by atoms with Gasteiger partial charge in [-0.2, -0.15) is 0 Å². The molecule has 2 heterocycles. The Morgan fingerprint density at radius 3 is 2.67 bits per heavy atom. The number of hydrogen-bond donors (Lipinski definition) is 1. The van der Waals surface area contributed by atoms with E-state index in [-0.39, 0.29) is 23.6 Å². The monoisotopic (exact) mass is 452 g/mol. The van der Waals surface area contributed by atoms with Gasteiger partial charge in [-0.05, 0) is 49.2 Å². The summed E-state index contributed by atoms with van der Waals surface area (Å²) in [6, 6.07) is 14.3. The molecule has 0 radical (unpaired) electrons. The lowest BCUT2D eigenvalue weighted by Crippen LogP contribution is -2.34. The van der Waals surface area contributed by atoms with Crippen LogP contribution in [-0.2, 0) is 11.2 Å². The van der Waals surface area contributed by atoms with Crippen molar-refractivity contribution in [3.05, 3.63) is 82.3 Å². The summed E-state index contributed by atoms with van der Waals surface area (Å²) in [5.41, 5.74) is 1.30. The molecule has 1 amide bonds. The zero-order valence-electron chi connectivity index (χ0n) is 17.7. The Hall–Kier alpha value is -4.21. The number of benzene rings is 2. The molecule has 0 saturated carbocycles. The molecule has 1 unspecified atom stereocenters. The summed E-state index contributed by atoms with van der Waals surface area (Å²) in [6.07, 6.45) is 1.49. The van der Waals surface area contributed by atoms with E-state index >= 15 is 0 Å². The van der Waals surface area contributed by atoms with Crippen molar-refractivity contribution >= 4 is 23.3 Å². The Kier molecular flexibility index (Phi) is 6.34. The van der Waals surface area contributed by atoms with E-state index in [1.807, 2.05) is 19.1 Å². The van der Waals surface area contributed by atoms with E-state index in [4.69, 9.17) is 9.47 Å². The van der Waals surface area contributed by atoms with Gasteiger partial charge in [0.05, 0.1) is 11.0 Å². The van der Waals surface area contributed by atoms with Crippen molar-refractivity contribution in [3.8, 4) is 11.5 Å². The smallest absolute Gasteiger partial charge is 0.410 e. The Morgan fingerprint density at radius 1 is 1.24 bits per heavy atom. The molecular formula is C23H21FN4O5. The standard InChI is InChI=1S/C23H21FN4O5/c1-2-27-18(14-32-23(27)29)11-15-3-7-19(8-4-15)33-21-9-5-16(12-20(21)24)26-22-10-6-17(13-25-22)28(30)31/h3-10,12-13,18H,2,11,14H2,1H3,(H,25,26). The van der Waals surface area contributed by atoms with Gasteiger partial charge in [-0.25, -0.2) is 14.2 Å². The Morgan fingerprint density at radius 2 is 2.03 bits per heavy atom. The van der Waals surface area contributed by atoms with Crippen molar-refractivity contribution in [1.29, 1.82) is 0 Å². The molecule has 1 N–H and O–H groups in total. The second kappa shape index (κ2) is 9.51. The minimum atomic E-state index is -0.578. The summed E-state index contributed by atoms with van der Waals surface area (Å²) < 4.78 is 25.3. The van der Waals surface area contributed by atoms with Crippen molar-refractivity contribution < 1.29 is 23.6 Å². The third-order valence-electron chi connectivity index (χ3n) is 5.20. The van der Waals surface area contributed by atoms with Gasteiger partial charge in [-0.3, -0.25) is 10.1 Å². The second-order valence-electron chi connectivity index (χ2n) is 7.40. The topological polar surface area (TPSA) is 107 Å². The van der Waals surface area contributed by atoms with Crippen LogP contribution in [0.25, 0.3) is 0 Å². The molecule has 1 fully saturated rings. The van der Waals surface area contributed by atoms with E-state index in [0.717, 1.165) is 11.8 Å². The molecule has 9 nitrogen and oxygen atoms in total. The molecule has 1 aliphatic rings. The van der Waals surface area contributed by atoms with Gasteiger partial charge in [-0.15, -0.1) is 0 Å². The number of anilines is 2. The number of pyridine rings is 1. The number of amides is 1. The molecule has 33 heavy (non-hydrogen) atoms. The lowest BCUT2D eigenvalue weighted by Gasteiger charge is -2.19. The van der Waals surface area contributed by atoms with Crippen molar-refractivity contribution in [1.82, 2.24) is 9.88 Å². The highest BCUT2D eigenvalue weighted by Crippen LogP contribution is 2.28. The van der Waals surface area contributed by atoms with Gasteiger partial charge < -0.3 is 19.7 Å². The maximum absolute atomic E-state index is 14.6. The van der Waals surface area contributed by atoms with Gasteiger partial charge in [0.2, 0.25) is 0 Å². The minimum absolute atomic E-state index is 0.00278. The highest BCUT2D eigenvalue weighted by atomic mass is 19.1. The molecule has 0 aliphatic carbocycles. The largest absolute Gasteiger partial charge is 0.454 e. The summed E-state index contributed by atoms with van der Waals surface area (Å²) in [6.45, 7) is 2.87. The summed E-state index contributed by atoms with van der Waals surface area (Å²) in [7, 11) is 0. The number of nitrogens with one attached hydrogen (secondary N) is 1. The summed E-state index contributed by atoms with van der Waals surface area (Å²) >= 11 is 0. The van der Waals surface area contributed by atoms with Crippen LogP contribution in [0.2, 0.25) is 0 Å². The van der Waals surface area contributed by atoms with Gasteiger partial charge in [0.15, 0.2) is 11.6 Å². The van der Waals surface area contributed by atoms with Crippen molar-refractivity contribution in [2.75, 3.05) is 18.5 Å². The fourth-order valence-corrected chi connectivity index (χ4v) is 3.52.